The first kappa shape index (κ1) is 21.1. The summed E-state index contributed by atoms with van der Waals surface area (Å²) in [5, 5.41) is 2.64. The number of sulfonamides is 1. The number of ether oxygens (including phenoxy) is 2. The molecule has 0 saturated heterocycles. The van der Waals surface area contributed by atoms with Crippen LogP contribution in [0.3, 0.4) is 0 Å². The zero-order valence-electron chi connectivity index (χ0n) is 16.5. The number of benzene rings is 2. The molecule has 6 nitrogen and oxygen atoms in total. The number of methoxy groups -OCH3 is 2. The minimum Gasteiger partial charge on any atom is -0.493 e. The van der Waals surface area contributed by atoms with E-state index in [0.717, 1.165) is 5.01 Å². The van der Waals surface area contributed by atoms with Gasteiger partial charge in [-0.2, -0.15) is 0 Å². The van der Waals surface area contributed by atoms with E-state index in [9.17, 15) is 12.8 Å². The monoisotopic (exact) mass is 436 g/mol. The molecule has 0 aliphatic heterocycles. The summed E-state index contributed by atoms with van der Waals surface area (Å²) in [7, 11) is -1.07. The molecule has 29 heavy (non-hydrogen) atoms. The zero-order chi connectivity index (χ0) is 21.2. The highest BCUT2D eigenvalue weighted by atomic mass is 32.2. The smallest absolute Gasteiger partial charge is 0.265 e. The van der Waals surface area contributed by atoms with Crippen LogP contribution >= 0.6 is 11.3 Å². The number of hydrogen-bond donors (Lipinski definition) is 0. The van der Waals surface area contributed by atoms with Gasteiger partial charge < -0.3 is 9.47 Å². The summed E-state index contributed by atoms with van der Waals surface area (Å²) in [5.41, 5.74) is 1.45. The van der Waals surface area contributed by atoms with Crippen LogP contribution in [0, 0.1) is 19.7 Å². The molecule has 0 N–H and O–H groups in total. The van der Waals surface area contributed by atoms with Gasteiger partial charge in [0.15, 0.2) is 11.5 Å². The minimum atomic E-state index is -4.00. The minimum absolute atomic E-state index is 0.0199. The van der Waals surface area contributed by atoms with E-state index in [-0.39, 0.29) is 11.4 Å². The Labute approximate surface area is 173 Å². The third-order valence-corrected chi connectivity index (χ3v) is 7.07. The Morgan fingerprint density at radius 3 is 2.24 bits per heavy atom. The molecule has 3 rings (SSSR count). The lowest BCUT2D eigenvalue weighted by Gasteiger charge is -2.25. The summed E-state index contributed by atoms with van der Waals surface area (Å²) in [4.78, 5) is 4.45. The van der Waals surface area contributed by atoms with Gasteiger partial charge in [0.25, 0.3) is 10.0 Å². The van der Waals surface area contributed by atoms with E-state index in [1.807, 2.05) is 12.3 Å². The lowest BCUT2D eigenvalue weighted by molar-refractivity contribution is 0.353. The highest BCUT2D eigenvalue weighted by Crippen LogP contribution is 2.35. The highest BCUT2D eigenvalue weighted by Gasteiger charge is 2.29. The van der Waals surface area contributed by atoms with E-state index in [4.69, 9.17) is 9.47 Å². The molecule has 0 spiro atoms. The standard InChI is InChI=1S/C20H21FN2O4S2/c1-13-9-18(26-3)19(27-4)10-20(13)29(24,25)23(11-16-12-28-14(2)22-16)17-7-5-15(21)6-8-17/h5-10,12H,11H2,1-4H3. The number of hydrogen-bond acceptors (Lipinski definition) is 6. The van der Waals surface area contributed by atoms with Crippen LogP contribution in [0.4, 0.5) is 10.1 Å². The van der Waals surface area contributed by atoms with Crippen molar-refractivity contribution in [1.82, 2.24) is 4.98 Å². The molecule has 154 valence electrons. The van der Waals surface area contributed by atoms with Crippen LogP contribution in [0.1, 0.15) is 16.3 Å². The Morgan fingerprint density at radius 2 is 1.69 bits per heavy atom. The average molecular weight is 437 g/mol. The van der Waals surface area contributed by atoms with Crippen molar-refractivity contribution in [2.24, 2.45) is 0 Å². The third-order valence-electron chi connectivity index (χ3n) is 4.34. The van der Waals surface area contributed by atoms with Crippen molar-refractivity contribution in [3.05, 3.63) is 63.9 Å². The number of thiazole rings is 1. The first-order valence-electron chi connectivity index (χ1n) is 8.68. The fourth-order valence-corrected chi connectivity index (χ4v) is 5.17. The van der Waals surface area contributed by atoms with E-state index < -0.39 is 15.8 Å². The van der Waals surface area contributed by atoms with Gasteiger partial charge in [0, 0.05) is 11.4 Å². The number of rotatable bonds is 7. The van der Waals surface area contributed by atoms with E-state index in [2.05, 4.69) is 4.98 Å². The summed E-state index contributed by atoms with van der Waals surface area (Å²) in [6.07, 6.45) is 0. The molecule has 0 atom stereocenters. The predicted molar refractivity (Wildman–Crippen MR) is 111 cm³/mol. The van der Waals surface area contributed by atoms with Crippen LogP contribution in [0.5, 0.6) is 11.5 Å². The van der Waals surface area contributed by atoms with Crippen LogP contribution in [0.15, 0.2) is 46.7 Å². The Balaban J connectivity index is 2.14. The van der Waals surface area contributed by atoms with E-state index in [0.29, 0.717) is 28.4 Å². The van der Waals surface area contributed by atoms with Gasteiger partial charge in [-0.05, 0) is 49.7 Å². The predicted octanol–water partition coefficient (Wildman–Crippen LogP) is 4.31. The molecule has 0 unspecified atom stereocenters. The second-order valence-electron chi connectivity index (χ2n) is 6.32. The maximum atomic E-state index is 13.6. The molecular formula is C20H21FN2O4S2. The quantitative estimate of drug-likeness (QED) is 0.552. The first-order valence-corrected chi connectivity index (χ1v) is 11.0. The highest BCUT2D eigenvalue weighted by molar-refractivity contribution is 7.92. The summed E-state index contributed by atoms with van der Waals surface area (Å²) in [6.45, 7) is 3.56. The molecule has 1 aromatic heterocycles. The SMILES string of the molecule is COc1cc(C)c(S(=O)(=O)N(Cc2csc(C)n2)c2ccc(F)cc2)cc1OC. The second-order valence-corrected chi connectivity index (χ2v) is 9.21. The molecule has 3 aromatic rings. The number of aryl methyl sites for hydroxylation is 2. The number of aromatic nitrogens is 1. The zero-order valence-corrected chi connectivity index (χ0v) is 18.1. The Morgan fingerprint density at radius 1 is 1.07 bits per heavy atom. The van der Waals surface area contributed by atoms with Gasteiger partial charge in [0.05, 0.1) is 42.0 Å². The average Bonchev–Trinajstić information content (AvgIpc) is 3.11. The molecule has 0 radical (unpaired) electrons. The van der Waals surface area contributed by atoms with Crippen molar-refractivity contribution in [2.75, 3.05) is 18.5 Å². The fourth-order valence-electron chi connectivity index (χ4n) is 2.91. The number of nitrogens with zero attached hydrogens (tertiary/aromatic N) is 2. The summed E-state index contributed by atoms with van der Waals surface area (Å²) in [6, 6.07) is 8.37. The number of halogens is 1. The molecule has 9 heteroatoms. The van der Waals surface area contributed by atoms with Gasteiger partial charge in [0.1, 0.15) is 5.82 Å². The molecular weight excluding hydrogens is 415 g/mol. The normalized spacial score (nSPS) is 11.3. The lowest BCUT2D eigenvalue weighted by Crippen LogP contribution is -2.31. The van der Waals surface area contributed by atoms with Crippen LogP contribution < -0.4 is 13.8 Å². The molecule has 0 fully saturated rings. The largest absolute Gasteiger partial charge is 0.493 e. The first-order chi connectivity index (χ1) is 13.8. The Bertz CT molecular complexity index is 1110. The van der Waals surface area contributed by atoms with Crippen molar-refractivity contribution >= 4 is 27.0 Å². The lowest BCUT2D eigenvalue weighted by atomic mass is 10.2. The summed E-state index contributed by atoms with van der Waals surface area (Å²) in [5.74, 6) is 0.297. The molecule has 2 aromatic carbocycles. The fraction of sp³-hybridized carbons (Fsp3) is 0.250. The molecule has 0 aliphatic rings. The third kappa shape index (κ3) is 4.35. The van der Waals surface area contributed by atoms with Crippen molar-refractivity contribution in [3.63, 3.8) is 0 Å². The topological polar surface area (TPSA) is 68.7 Å². The van der Waals surface area contributed by atoms with E-state index in [1.165, 1.54) is 60.2 Å². The van der Waals surface area contributed by atoms with Crippen LogP contribution in [0.25, 0.3) is 0 Å². The molecule has 0 aliphatic carbocycles. The Kier molecular flexibility index (Phi) is 6.09. The van der Waals surface area contributed by atoms with Gasteiger partial charge >= 0.3 is 0 Å². The molecule has 0 bridgehead atoms. The number of anilines is 1. The van der Waals surface area contributed by atoms with Gasteiger partial charge in [-0.25, -0.2) is 17.8 Å². The van der Waals surface area contributed by atoms with E-state index >= 15 is 0 Å². The van der Waals surface area contributed by atoms with Crippen molar-refractivity contribution in [1.29, 1.82) is 0 Å². The second kappa shape index (κ2) is 8.38. The summed E-state index contributed by atoms with van der Waals surface area (Å²) >= 11 is 1.44. The van der Waals surface area contributed by atoms with E-state index in [1.54, 1.807) is 13.0 Å². The molecule has 1 heterocycles. The maximum absolute atomic E-state index is 13.6. The van der Waals surface area contributed by atoms with Crippen LogP contribution in [-0.4, -0.2) is 27.6 Å². The summed E-state index contributed by atoms with van der Waals surface area (Å²) < 4.78 is 52.5. The van der Waals surface area contributed by atoms with Gasteiger partial charge in [-0.3, -0.25) is 4.31 Å². The molecule has 0 amide bonds. The Hall–Kier alpha value is -2.65. The van der Waals surface area contributed by atoms with Crippen molar-refractivity contribution < 1.29 is 22.3 Å². The molecule has 0 saturated carbocycles. The van der Waals surface area contributed by atoms with Crippen LogP contribution in [0.2, 0.25) is 0 Å². The van der Waals surface area contributed by atoms with Gasteiger partial charge in [-0.15, -0.1) is 11.3 Å². The maximum Gasteiger partial charge on any atom is 0.265 e. The van der Waals surface area contributed by atoms with Crippen molar-refractivity contribution in [2.45, 2.75) is 25.3 Å². The van der Waals surface area contributed by atoms with Gasteiger partial charge in [0.2, 0.25) is 0 Å². The van der Waals surface area contributed by atoms with Crippen LogP contribution in [-0.2, 0) is 16.6 Å². The van der Waals surface area contributed by atoms with Gasteiger partial charge in [-0.1, -0.05) is 0 Å². The van der Waals surface area contributed by atoms with Crippen molar-refractivity contribution in [3.8, 4) is 11.5 Å².